The Morgan fingerprint density at radius 2 is 2.37 bits per heavy atom. The summed E-state index contributed by atoms with van der Waals surface area (Å²) in [6.45, 7) is 4.52. The van der Waals surface area contributed by atoms with Gasteiger partial charge in [-0.15, -0.1) is 5.10 Å². The van der Waals surface area contributed by atoms with E-state index in [4.69, 9.17) is 5.11 Å². The lowest BCUT2D eigenvalue weighted by Gasteiger charge is -2.51. The summed E-state index contributed by atoms with van der Waals surface area (Å²) in [5, 5.41) is 17.1. The molecule has 2 N–H and O–H groups in total. The molecule has 0 saturated heterocycles. The topological polar surface area (TPSA) is 96.7 Å². The average molecular weight is 263 g/mol. The predicted octanol–water partition coefficient (Wildman–Crippen LogP) is 0.484. The molecule has 102 valence electrons. The van der Waals surface area contributed by atoms with E-state index in [0.29, 0.717) is 11.6 Å². The summed E-state index contributed by atoms with van der Waals surface area (Å²) in [5.74, 6) is 0.462. The van der Waals surface area contributed by atoms with Crippen LogP contribution in [0.15, 0.2) is 11.1 Å². The molecule has 1 aliphatic rings. The molecular formula is C12H17N5O2. The van der Waals surface area contributed by atoms with Crippen molar-refractivity contribution >= 4 is 11.2 Å². The molecule has 1 fully saturated rings. The van der Waals surface area contributed by atoms with Crippen molar-refractivity contribution in [3.8, 4) is 0 Å². The van der Waals surface area contributed by atoms with Crippen LogP contribution in [0.2, 0.25) is 0 Å². The third kappa shape index (κ3) is 1.68. The van der Waals surface area contributed by atoms with Crippen molar-refractivity contribution in [1.29, 1.82) is 0 Å². The average Bonchev–Trinajstić information content (AvgIpc) is 2.79. The highest BCUT2D eigenvalue weighted by Crippen LogP contribution is 2.55. The van der Waals surface area contributed by atoms with Gasteiger partial charge in [0.1, 0.15) is 0 Å². The van der Waals surface area contributed by atoms with Gasteiger partial charge in [0.05, 0.1) is 12.4 Å². The first kappa shape index (κ1) is 12.3. The Labute approximate surface area is 109 Å². The van der Waals surface area contributed by atoms with Gasteiger partial charge < -0.3 is 10.1 Å². The van der Waals surface area contributed by atoms with Crippen LogP contribution < -0.4 is 5.56 Å². The van der Waals surface area contributed by atoms with E-state index in [0.717, 1.165) is 12.8 Å². The third-order valence-electron chi connectivity index (χ3n) is 4.46. The molecule has 0 bridgehead atoms. The van der Waals surface area contributed by atoms with E-state index in [-0.39, 0.29) is 29.1 Å². The van der Waals surface area contributed by atoms with E-state index in [1.54, 1.807) is 4.68 Å². The molecule has 0 unspecified atom stereocenters. The van der Waals surface area contributed by atoms with Crippen molar-refractivity contribution in [3.63, 3.8) is 0 Å². The van der Waals surface area contributed by atoms with Gasteiger partial charge in [-0.2, -0.15) is 0 Å². The zero-order valence-corrected chi connectivity index (χ0v) is 11.0. The van der Waals surface area contributed by atoms with E-state index in [2.05, 4.69) is 34.1 Å². The SMILES string of the molecule is CC1(C)[C@H](CCO)C[C@@H]1n1nnc2c(=O)[nH]cnc21. The van der Waals surface area contributed by atoms with Gasteiger partial charge in [0.25, 0.3) is 5.56 Å². The van der Waals surface area contributed by atoms with Crippen molar-refractivity contribution in [2.75, 3.05) is 6.61 Å². The maximum Gasteiger partial charge on any atom is 0.280 e. The standard InChI is InChI=1S/C12H17N5O2/c1-12(2)7(3-4-18)5-8(12)17-10-9(15-16-17)11(19)14-6-13-10/h6-8,18H,3-5H2,1-2H3,(H,13,14,19)/t7-,8+/m1/s1. The van der Waals surface area contributed by atoms with Crippen LogP contribution in [0, 0.1) is 11.3 Å². The van der Waals surface area contributed by atoms with Gasteiger partial charge in [0.2, 0.25) is 0 Å². The van der Waals surface area contributed by atoms with Crippen molar-refractivity contribution in [1.82, 2.24) is 25.0 Å². The molecule has 7 heteroatoms. The molecular weight excluding hydrogens is 246 g/mol. The maximum absolute atomic E-state index is 11.6. The lowest BCUT2D eigenvalue weighted by Crippen LogP contribution is -2.46. The number of fused-ring (bicyclic) bond motifs is 1. The fourth-order valence-electron chi connectivity index (χ4n) is 3.04. The molecule has 0 aliphatic heterocycles. The summed E-state index contributed by atoms with van der Waals surface area (Å²) >= 11 is 0. The molecule has 2 heterocycles. The minimum Gasteiger partial charge on any atom is -0.396 e. The van der Waals surface area contributed by atoms with Gasteiger partial charge in [-0.3, -0.25) is 4.79 Å². The Hall–Kier alpha value is -1.76. The van der Waals surface area contributed by atoms with Crippen LogP contribution in [-0.2, 0) is 0 Å². The van der Waals surface area contributed by atoms with Gasteiger partial charge >= 0.3 is 0 Å². The summed E-state index contributed by atoms with van der Waals surface area (Å²) in [4.78, 5) is 18.3. The second kappa shape index (κ2) is 4.12. The number of rotatable bonds is 3. The fourth-order valence-corrected chi connectivity index (χ4v) is 3.04. The quantitative estimate of drug-likeness (QED) is 0.839. The van der Waals surface area contributed by atoms with Gasteiger partial charge in [-0.05, 0) is 24.2 Å². The van der Waals surface area contributed by atoms with E-state index in [9.17, 15) is 4.79 Å². The molecule has 0 aromatic carbocycles. The Kier molecular flexibility index (Phi) is 2.67. The Morgan fingerprint density at radius 1 is 1.58 bits per heavy atom. The normalized spacial score (nSPS) is 25.4. The predicted molar refractivity (Wildman–Crippen MR) is 68.6 cm³/mol. The molecule has 1 aliphatic carbocycles. The van der Waals surface area contributed by atoms with E-state index < -0.39 is 0 Å². The maximum atomic E-state index is 11.6. The molecule has 0 amide bonds. The second-order valence-corrected chi connectivity index (χ2v) is 5.72. The van der Waals surface area contributed by atoms with E-state index in [1.165, 1.54) is 6.33 Å². The molecule has 2 atom stereocenters. The molecule has 2 aromatic rings. The number of aromatic nitrogens is 5. The highest BCUT2D eigenvalue weighted by Gasteiger charge is 2.49. The van der Waals surface area contributed by atoms with Gasteiger partial charge in [0.15, 0.2) is 11.2 Å². The summed E-state index contributed by atoms with van der Waals surface area (Å²) in [5.41, 5.74) is 0.571. The minimum atomic E-state index is -0.264. The van der Waals surface area contributed by atoms with Crippen molar-refractivity contribution < 1.29 is 5.11 Å². The number of hydrogen-bond donors (Lipinski definition) is 2. The number of nitrogens with one attached hydrogen (secondary N) is 1. The van der Waals surface area contributed by atoms with Crippen LogP contribution in [0.3, 0.4) is 0 Å². The fraction of sp³-hybridized carbons (Fsp3) is 0.667. The van der Waals surface area contributed by atoms with Gasteiger partial charge in [-0.1, -0.05) is 19.1 Å². The lowest BCUT2D eigenvalue weighted by atomic mass is 9.57. The van der Waals surface area contributed by atoms with E-state index >= 15 is 0 Å². The summed E-state index contributed by atoms with van der Waals surface area (Å²) < 4.78 is 1.75. The van der Waals surface area contributed by atoms with Gasteiger partial charge in [-0.25, -0.2) is 9.67 Å². The smallest absolute Gasteiger partial charge is 0.280 e. The van der Waals surface area contributed by atoms with Crippen LogP contribution in [0.1, 0.15) is 32.7 Å². The molecule has 2 aromatic heterocycles. The minimum absolute atomic E-state index is 0.0215. The lowest BCUT2D eigenvalue weighted by molar-refractivity contribution is -0.0286. The van der Waals surface area contributed by atoms with Crippen molar-refractivity contribution in [2.24, 2.45) is 11.3 Å². The van der Waals surface area contributed by atoms with Crippen LogP contribution in [0.25, 0.3) is 11.2 Å². The number of H-pyrrole nitrogens is 1. The second-order valence-electron chi connectivity index (χ2n) is 5.72. The Morgan fingerprint density at radius 3 is 3.05 bits per heavy atom. The largest absolute Gasteiger partial charge is 0.396 e. The Bertz CT molecular complexity index is 659. The zero-order chi connectivity index (χ0) is 13.6. The highest BCUT2D eigenvalue weighted by molar-refractivity contribution is 5.67. The highest BCUT2D eigenvalue weighted by atomic mass is 16.3. The third-order valence-corrected chi connectivity index (χ3v) is 4.46. The van der Waals surface area contributed by atoms with E-state index in [1.807, 2.05) is 0 Å². The first-order chi connectivity index (χ1) is 9.05. The zero-order valence-electron chi connectivity index (χ0n) is 11.0. The van der Waals surface area contributed by atoms with Crippen molar-refractivity contribution in [2.45, 2.75) is 32.7 Å². The number of aliphatic hydroxyl groups excluding tert-OH is 1. The molecule has 7 nitrogen and oxygen atoms in total. The molecule has 19 heavy (non-hydrogen) atoms. The van der Waals surface area contributed by atoms with Crippen molar-refractivity contribution in [3.05, 3.63) is 16.7 Å². The number of aromatic amines is 1. The van der Waals surface area contributed by atoms with Crippen LogP contribution in [-0.4, -0.2) is 36.7 Å². The van der Waals surface area contributed by atoms with Crippen LogP contribution in [0.5, 0.6) is 0 Å². The number of hydrogen-bond acceptors (Lipinski definition) is 5. The molecule has 0 radical (unpaired) electrons. The molecule has 1 saturated carbocycles. The van der Waals surface area contributed by atoms with Gasteiger partial charge in [0, 0.05) is 6.61 Å². The molecule has 3 rings (SSSR count). The number of aliphatic hydroxyl groups is 1. The monoisotopic (exact) mass is 263 g/mol. The summed E-state index contributed by atoms with van der Waals surface area (Å²) in [6, 6.07) is 0.170. The summed E-state index contributed by atoms with van der Waals surface area (Å²) in [6.07, 6.45) is 3.10. The van der Waals surface area contributed by atoms with Crippen LogP contribution in [0.4, 0.5) is 0 Å². The first-order valence-corrected chi connectivity index (χ1v) is 6.45. The molecule has 0 spiro atoms. The first-order valence-electron chi connectivity index (χ1n) is 6.45. The number of nitrogens with zero attached hydrogens (tertiary/aromatic N) is 4. The van der Waals surface area contributed by atoms with Crippen LogP contribution >= 0.6 is 0 Å². The Balaban J connectivity index is 1.99. The summed E-state index contributed by atoms with van der Waals surface area (Å²) in [7, 11) is 0.